The van der Waals surface area contributed by atoms with Gasteiger partial charge in [-0.2, -0.15) is 0 Å². The van der Waals surface area contributed by atoms with Crippen LogP contribution in [0.3, 0.4) is 0 Å². The van der Waals surface area contributed by atoms with E-state index in [1.165, 1.54) is 0 Å². The van der Waals surface area contributed by atoms with Crippen LogP contribution in [0.1, 0.15) is 19.4 Å². The number of benzene rings is 1. The zero-order valence-corrected chi connectivity index (χ0v) is 9.14. The molecule has 80 valence electrons. The van der Waals surface area contributed by atoms with E-state index < -0.39 is 5.60 Å². The summed E-state index contributed by atoms with van der Waals surface area (Å²) >= 11 is 0. The summed E-state index contributed by atoms with van der Waals surface area (Å²) in [6.45, 7) is 5.40. The summed E-state index contributed by atoms with van der Waals surface area (Å²) < 4.78 is 0. The summed E-state index contributed by atoms with van der Waals surface area (Å²) in [6.07, 6.45) is 1.86. The Morgan fingerprint density at radius 3 is 2.40 bits per heavy atom. The molecular formula is C12H16N2O. The summed E-state index contributed by atoms with van der Waals surface area (Å²) in [6, 6.07) is 7.96. The van der Waals surface area contributed by atoms with Gasteiger partial charge in [0.15, 0.2) is 0 Å². The van der Waals surface area contributed by atoms with E-state index in [1.54, 1.807) is 13.8 Å². The molecule has 0 amide bonds. The molecule has 2 rings (SSSR count). The van der Waals surface area contributed by atoms with Crippen LogP contribution >= 0.6 is 0 Å². The van der Waals surface area contributed by atoms with Crippen molar-refractivity contribution in [2.24, 2.45) is 4.99 Å². The van der Waals surface area contributed by atoms with E-state index in [0.29, 0.717) is 0 Å². The molecular weight excluding hydrogens is 188 g/mol. The Balaban J connectivity index is 2.20. The third-order valence-electron chi connectivity index (χ3n) is 2.60. The quantitative estimate of drug-likeness (QED) is 0.796. The molecule has 0 aliphatic carbocycles. The van der Waals surface area contributed by atoms with Gasteiger partial charge in [0.1, 0.15) is 0 Å². The first kappa shape index (κ1) is 10.2. The normalized spacial score (nSPS) is 16.1. The number of rotatable bonds is 2. The molecule has 1 aliphatic rings. The fourth-order valence-corrected chi connectivity index (χ4v) is 1.64. The van der Waals surface area contributed by atoms with Crippen LogP contribution in [0.2, 0.25) is 0 Å². The SMILES string of the molecule is CC(C)(O)c1ccc(N2C=NCC2)cc1. The van der Waals surface area contributed by atoms with Crippen molar-refractivity contribution in [3.8, 4) is 0 Å². The highest BCUT2D eigenvalue weighted by Crippen LogP contribution is 2.23. The second-order valence-electron chi connectivity index (χ2n) is 4.32. The first-order valence-corrected chi connectivity index (χ1v) is 5.17. The number of aliphatic hydroxyl groups is 1. The van der Waals surface area contributed by atoms with Crippen molar-refractivity contribution in [1.29, 1.82) is 0 Å². The summed E-state index contributed by atoms with van der Waals surface area (Å²) in [5.41, 5.74) is 1.30. The maximum absolute atomic E-state index is 9.81. The molecule has 0 fully saturated rings. The van der Waals surface area contributed by atoms with Crippen molar-refractivity contribution in [2.75, 3.05) is 18.0 Å². The number of anilines is 1. The van der Waals surface area contributed by atoms with Crippen molar-refractivity contribution in [2.45, 2.75) is 19.4 Å². The number of hydrogen-bond donors (Lipinski definition) is 1. The first-order chi connectivity index (χ1) is 7.07. The van der Waals surface area contributed by atoms with Gasteiger partial charge in [-0.1, -0.05) is 12.1 Å². The van der Waals surface area contributed by atoms with Crippen LogP contribution in [-0.4, -0.2) is 24.5 Å². The molecule has 0 saturated carbocycles. The van der Waals surface area contributed by atoms with Crippen molar-refractivity contribution >= 4 is 12.0 Å². The maximum Gasteiger partial charge on any atom is 0.0895 e. The number of nitrogens with zero attached hydrogens (tertiary/aromatic N) is 2. The lowest BCUT2D eigenvalue weighted by atomic mass is 9.98. The minimum absolute atomic E-state index is 0.766. The van der Waals surface area contributed by atoms with Gasteiger partial charge >= 0.3 is 0 Å². The Kier molecular flexibility index (Phi) is 2.49. The summed E-state index contributed by atoms with van der Waals surface area (Å²) in [5, 5.41) is 9.81. The Hall–Kier alpha value is -1.35. The smallest absolute Gasteiger partial charge is 0.0895 e. The molecule has 0 unspecified atom stereocenters. The topological polar surface area (TPSA) is 35.8 Å². The second-order valence-corrected chi connectivity index (χ2v) is 4.32. The van der Waals surface area contributed by atoms with Gasteiger partial charge in [-0.25, -0.2) is 0 Å². The van der Waals surface area contributed by atoms with Crippen LogP contribution in [-0.2, 0) is 5.60 Å². The molecule has 3 heteroatoms. The molecule has 15 heavy (non-hydrogen) atoms. The second kappa shape index (κ2) is 3.66. The fourth-order valence-electron chi connectivity index (χ4n) is 1.64. The predicted molar refractivity (Wildman–Crippen MR) is 62.4 cm³/mol. The van der Waals surface area contributed by atoms with Gasteiger partial charge in [-0.05, 0) is 31.5 Å². The van der Waals surface area contributed by atoms with Gasteiger partial charge < -0.3 is 10.0 Å². The van der Waals surface area contributed by atoms with Gasteiger partial charge in [0.05, 0.1) is 18.5 Å². The van der Waals surface area contributed by atoms with Gasteiger partial charge in [0, 0.05) is 12.2 Å². The molecule has 0 bridgehead atoms. The van der Waals surface area contributed by atoms with Crippen LogP contribution < -0.4 is 4.90 Å². The summed E-state index contributed by atoms with van der Waals surface area (Å²) in [7, 11) is 0. The molecule has 1 aliphatic heterocycles. The van der Waals surface area contributed by atoms with Crippen molar-refractivity contribution in [3.05, 3.63) is 29.8 Å². The molecule has 1 N–H and O–H groups in total. The number of aliphatic imine (C=N–C) groups is 1. The van der Waals surface area contributed by atoms with Gasteiger partial charge in [0.2, 0.25) is 0 Å². The van der Waals surface area contributed by atoms with E-state index in [2.05, 4.69) is 9.89 Å². The first-order valence-electron chi connectivity index (χ1n) is 5.17. The molecule has 1 aromatic carbocycles. The van der Waals surface area contributed by atoms with E-state index in [0.717, 1.165) is 24.3 Å². The van der Waals surface area contributed by atoms with Crippen LogP contribution in [0.5, 0.6) is 0 Å². The average molecular weight is 204 g/mol. The van der Waals surface area contributed by atoms with Crippen LogP contribution in [0, 0.1) is 0 Å². The Bertz CT molecular complexity index is 362. The van der Waals surface area contributed by atoms with Gasteiger partial charge in [-0.3, -0.25) is 4.99 Å². The maximum atomic E-state index is 9.81. The molecule has 3 nitrogen and oxygen atoms in total. The fraction of sp³-hybridized carbons (Fsp3) is 0.417. The monoisotopic (exact) mass is 204 g/mol. The van der Waals surface area contributed by atoms with Crippen LogP contribution in [0.25, 0.3) is 0 Å². The summed E-state index contributed by atoms with van der Waals surface area (Å²) in [5.74, 6) is 0. The van der Waals surface area contributed by atoms with E-state index in [-0.39, 0.29) is 0 Å². The van der Waals surface area contributed by atoms with Crippen LogP contribution in [0.4, 0.5) is 5.69 Å². The Morgan fingerprint density at radius 1 is 1.27 bits per heavy atom. The Labute approximate surface area is 90.1 Å². The highest BCUT2D eigenvalue weighted by Gasteiger charge is 2.16. The molecule has 0 saturated heterocycles. The molecule has 0 spiro atoms. The molecule has 1 aromatic rings. The van der Waals surface area contributed by atoms with E-state index in [9.17, 15) is 5.11 Å². The van der Waals surface area contributed by atoms with Crippen LogP contribution in [0.15, 0.2) is 29.3 Å². The Morgan fingerprint density at radius 2 is 1.93 bits per heavy atom. The zero-order valence-electron chi connectivity index (χ0n) is 9.14. The highest BCUT2D eigenvalue weighted by atomic mass is 16.3. The number of hydrogen-bond acceptors (Lipinski definition) is 3. The standard InChI is InChI=1S/C12H16N2O/c1-12(2,15)10-3-5-11(6-4-10)14-8-7-13-9-14/h3-6,9,15H,7-8H2,1-2H3. The minimum atomic E-state index is -0.766. The predicted octanol–water partition coefficient (Wildman–Crippen LogP) is 1.76. The summed E-state index contributed by atoms with van der Waals surface area (Å²) in [4.78, 5) is 6.27. The molecule has 0 radical (unpaired) electrons. The third-order valence-corrected chi connectivity index (χ3v) is 2.60. The van der Waals surface area contributed by atoms with E-state index in [4.69, 9.17) is 0 Å². The molecule has 1 heterocycles. The minimum Gasteiger partial charge on any atom is -0.386 e. The third kappa shape index (κ3) is 2.18. The van der Waals surface area contributed by atoms with E-state index >= 15 is 0 Å². The van der Waals surface area contributed by atoms with Gasteiger partial charge in [0.25, 0.3) is 0 Å². The van der Waals surface area contributed by atoms with Gasteiger partial charge in [-0.15, -0.1) is 0 Å². The van der Waals surface area contributed by atoms with E-state index in [1.807, 2.05) is 30.6 Å². The lowest BCUT2D eigenvalue weighted by molar-refractivity contribution is 0.0786. The van der Waals surface area contributed by atoms with Crippen molar-refractivity contribution in [3.63, 3.8) is 0 Å². The lowest BCUT2D eigenvalue weighted by Crippen LogP contribution is -2.19. The lowest BCUT2D eigenvalue weighted by Gasteiger charge is -2.19. The highest BCUT2D eigenvalue weighted by molar-refractivity contribution is 5.80. The molecule has 0 atom stereocenters. The van der Waals surface area contributed by atoms with Crippen molar-refractivity contribution in [1.82, 2.24) is 0 Å². The zero-order chi connectivity index (χ0) is 10.9. The largest absolute Gasteiger partial charge is 0.386 e. The average Bonchev–Trinajstić information content (AvgIpc) is 2.69. The van der Waals surface area contributed by atoms with Crippen molar-refractivity contribution < 1.29 is 5.11 Å². The molecule has 0 aromatic heterocycles.